The van der Waals surface area contributed by atoms with E-state index in [0.717, 1.165) is 35.1 Å². The van der Waals surface area contributed by atoms with E-state index in [1.807, 2.05) is 13.8 Å². The Bertz CT molecular complexity index is 347. The van der Waals surface area contributed by atoms with Crippen molar-refractivity contribution < 1.29 is 5.11 Å². The lowest BCUT2D eigenvalue weighted by Gasteiger charge is -2.11. The summed E-state index contributed by atoms with van der Waals surface area (Å²) in [5.74, 6) is 2.09. The summed E-state index contributed by atoms with van der Waals surface area (Å²) >= 11 is 1.68. The molecule has 2 N–H and O–H groups in total. The van der Waals surface area contributed by atoms with E-state index < -0.39 is 0 Å². The second-order valence-electron chi connectivity index (χ2n) is 4.18. The highest BCUT2D eigenvalue weighted by Gasteiger charge is 2.08. The second-order valence-corrected chi connectivity index (χ2v) is 5.19. The fraction of sp³-hybridized carbons (Fsp3) is 0.667. The molecule has 0 aliphatic rings. The Balaban J connectivity index is 2.65. The highest BCUT2D eigenvalue weighted by Crippen LogP contribution is 2.25. The topological polar surface area (TPSA) is 58.0 Å². The molecular weight excluding hydrogens is 234 g/mol. The normalized spacial score (nSPS) is 12.5. The predicted octanol–water partition coefficient (Wildman–Crippen LogP) is 2.33. The Labute approximate surface area is 107 Å². The van der Waals surface area contributed by atoms with Gasteiger partial charge in [-0.2, -0.15) is 0 Å². The van der Waals surface area contributed by atoms with Gasteiger partial charge in [0.1, 0.15) is 17.2 Å². The molecule has 0 saturated carbocycles. The summed E-state index contributed by atoms with van der Waals surface area (Å²) in [7, 11) is 0. The Morgan fingerprint density at radius 3 is 2.88 bits per heavy atom. The molecule has 1 rings (SSSR count). The molecule has 0 spiro atoms. The zero-order valence-electron chi connectivity index (χ0n) is 10.7. The fourth-order valence-electron chi connectivity index (χ4n) is 1.28. The van der Waals surface area contributed by atoms with Crippen molar-refractivity contribution in [3.63, 3.8) is 0 Å². The highest BCUT2D eigenvalue weighted by atomic mass is 32.2. The van der Waals surface area contributed by atoms with E-state index in [4.69, 9.17) is 5.11 Å². The van der Waals surface area contributed by atoms with Crippen LogP contribution in [0.15, 0.2) is 11.4 Å². The first-order chi connectivity index (χ1) is 8.19. The standard InChI is InChI=1S/C12H21N3OS/c1-4-5-13-11-10(3)12(15-8-14-11)17-7-9(2)6-16/h8-9,16H,4-7H2,1-3H3,(H,13,14,15). The van der Waals surface area contributed by atoms with Crippen LogP contribution in [-0.2, 0) is 0 Å². The van der Waals surface area contributed by atoms with Crippen molar-refractivity contribution in [2.45, 2.75) is 32.2 Å². The summed E-state index contributed by atoms with van der Waals surface area (Å²) in [6.07, 6.45) is 2.67. The van der Waals surface area contributed by atoms with Crippen LogP contribution in [-0.4, -0.2) is 34.0 Å². The highest BCUT2D eigenvalue weighted by molar-refractivity contribution is 7.99. The van der Waals surface area contributed by atoms with E-state index in [0.29, 0.717) is 5.92 Å². The molecule has 0 radical (unpaired) electrons. The van der Waals surface area contributed by atoms with Gasteiger partial charge in [-0.15, -0.1) is 11.8 Å². The van der Waals surface area contributed by atoms with Gasteiger partial charge in [0.05, 0.1) is 0 Å². The van der Waals surface area contributed by atoms with E-state index in [1.165, 1.54) is 0 Å². The van der Waals surface area contributed by atoms with Gasteiger partial charge in [0.2, 0.25) is 0 Å². The smallest absolute Gasteiger partial charge is 0.133 e. The molecule has 1 heterocycles. The third-order valence-electron chi connectivity index (χ3n) is 2.40. The van der Waals surface area contributed by atoms with Crippen molar-refractivity contribution in [3.8, 4) is 0 Å². The molecule has 4 nitrogen and oxygen atoms in total. The molecule has 17 heavy (non-hydrogen) atoms. The lowest BCUT2D eigenvalue weighted by Crippen LogP contribution is -2.07. The van der Waals surface area contributed by atoms with Crippen molar-refractivity contribution in [2.24, 2.45) is 5.92 Å². The Hall–Kier alpha value is -0.810. The number of aliphatic hydroxyl groups is 1. The van der Waals surface area contributed by atoms with Gasteiger partial charge in [0, 0.05) is 24.5 Å². The van der Waals surface area contributed by atoms with E-state index in [9.17, 15) is 0 Å². The van der Waals surface area contributed by atoms with Crippen LogP contribution in [0, 0.1) is 12.8 Å². The fourth-order valence-corrected chi connectivity index (χ4v) is 2.26. The number of rotatable bonds is 7. The molecule has 5 heteroatoms. The maximum Gasteiger partial charge on any atom is 0.133 e. The first-order valence-electron chi connectivity index (χ1n) is 5.98. The largest absolute Gasteiger partial charge is 0.396 e. The van der Waals surface area contributed by atoms with Crippen LogP contribution >= 0.6 is 11.8 Å². The number of nitrogens with zero attached hydrogens (tertiary/aromatic N) is 2. The molecular formula is C12H21N3OS. The minimum absolute atomic E-state index is 0.220. The summed E-state index contributed by atoms with van der Waals surface area (Å²) < 4.78 is 0. The zero-order valence-corrected chi connectivity index (χ0v) is 11.5. The zero-order chi connectivity index (χ0) is 12.7. The Kier molecular flexibility index (Phi) is 6.29. The van der Waals surface area contributed by atoms with Gasteiger partial charge in [0.25, 0.3) is 0 Å². The van der Waals surface area contributed by atoms with Crippen molar-refractivity contribution in [2.75, 3.05) is 24.2 Å². The minimum Gasteiger partial charge on any atom is -0.396 e. The average Bonchev–Trinajstić information content (AvgIpc) is 2.35. The summed E-state index contributed by atoms with van der Waals surface area (Å²) in [6.45, 7) is 7.33. The van der Waals surface area contributed by atoms with Crippen molar-refractivity contribution in [1.29, 1.82) is 0 Å². The average molecular weight is 255 g/mol. The Morgan fingerprint density at radius 2 is 2.24 bits per heavy atom. The Morgan fingerprint density at radius 1 is 1.47 bits per heavy atom. The lowest BCUT2D eigenvalue weighted by molar-refractivity contribution is 0.250. The molecule has 96 valence electrons. The van der Waals surface area contributed by atoms with Gasteiger partial charge < -0.3 is 10.4 Å². The van der Waals surface area contributed by atoms with Gasteiger partial charge in [-0.25, -0.2) is 9.97 Å². The number of hydrogen-bond donors (Lipinski definition) is 2. The number of anilines is 1. The van der Waals surface area contributed by atoms with Gasteiger partial charge >= 0.3 is 0 Å². The molecule has 0 aliphatic heterocycles. The van der Waals surface area contributed by atoms with Gasteiger partial charge in [-0.05, 0) is 19.3 Å². The molecule has 1 aromatic heterocycles. The van der Waals surface area contributed by atoms with Crippen molar-refractivity contribution in [1.82, 2.24) is 9.97 Å². The molecule has 0 saturated heterocycles. The number of aromatic nitrogens is 2. The minimum atomic E-state index is 0.220. The third-order valence-corrected chi connectivity index (χ3v) is 3.82. The van der Waals surface area contributed by atoms with Gasteiger partial charge in [-0.1, -0.05) is 13.8 Å². The van der Waals surface area contributed by atoms with E-state index >= 15 is 0 Å². The SMILES string of the molecule is CCCNc1ncnc(SCC(C)CO)c1C. The molecule has 1 aromatic rings. The van der Waals surface area contributed by atoms with Gasteiger partial charge in [-0.3, -0.25) is 0 Å². The predicted molar refractivity (Wildman–Crippen MR) is 72.5 cm³/mol. The second kappa shape index (κ2) is 7.50. The van der Waals surface area contributed by atoms with Crippen LogP contribution in [0.1, 0.15) is 25.8 Å². The van der Waals surface area contributed by atoms with Crippen LogP contribution in [0.25, 0.3) is 0 Å². The first-order valence-corrected chi connectivity index (χ1v) is 6.96. The van der Waals surface area contributed by atoms with Crippen molar-refractivity contribution >= 4 is 17.6 Å². The number of hydrogen-bond acceptors (Lipinski definition) is 5. The number of thioether (sulfide) groups is 1. The molecule has 1 atom stereocenters. The summed E-state index contributed by atoms with van der Waals surface area (Å²) in [6, 6.07) is 0. The molecule has 0 fully saturated rings. The van der Waals surface area contributed by atoms with E-state index in [1.54, 1.807) is 18.1 Å². The van der Waals surface area contributed by atoms with Crippen LogP contribution in [0.5, 0.6) is 0 Å². The van der Waals surface area contributed by atoms with Crippen LogP contribution in [0.4, 0.5) is 5.82 Å². The maximum absolute atomic E-state index is 8.99. The molecule has 0 amide bonds. The number of nitrogens with one attached hydrogen (secondary N) is 1. The number of aliphatic hydroxyl groups excluding tert-OH is 1. The molecule has 0 aliphatic carbocycles. The van der Waals surface area contributed by atoms with E-state index in [2.05, 4.69) is 22.2 Å². The molecule has 1 unspecified atom stereocenters. The summed E-state index contributed by atoms with van der Waals surface area (Å²) in [5.41, 5.74) is 1.09. The third kappa shape index (κ3) is 4.52. The monoisotopic (exact) mass is 255 g/mol. The first kappa shape index (κ1) is 14.3. The molecule has 0 bridgehead atoms. The molecule has 0 aromatic carbocycles. The quantitative estimate of drug-likeness (QED) is 0.578. The van der Waals surface area contributed by atoms with Gasteiger partial charge in [0.15, 0.2) is 0 Å². The summed E-state index contributed by atoms with van der Waals surface area (Å²) in [5, 5.41) is 13.3. The van der Waals surface area contributed by atoms with Crippen LogP contribution < -0.4 is 5.32 Å². The summed E-state index contributed by atoms with van der Waals surface area (Å²) in [4.78, 5) is 8.52. The lowest BCUT2D eigenvalue weighted by atomic mass is 10.2. The van der Waals surface area contributed by atoms with Crippen LogP contribution in [0.2, 0.25) is 0 Å². The van der Waals surface area contributed by atoms with E-state index in [-0.39, 0.29) is 6.61 Å². The van der Waals surface area contributed by atoms with Crippen molar-refractivity contribution in [3.05, 3.63) is 11.9 Å². The van der Waals surface area contributed by atoms with Crippen LogP contribution in [0.3, 0.4) is 0 Å². The maximum atomic E-state index is 8.99.